The number of amides is 1. The Hall–Kier alpha value is -3.13. The number of thiazole rings is 1. The fourth-order valence-corrected chi connectivity index (χ4v) is 4.16. The molecule has 1 N–H and O–H groups in total. The lowest BCUT2D eigenvalue weighted by Crippen LogP contribution is -2.29. The molecule has 0 fully saturated rings. The van der Waals surface area contributed by atoms with Gasteiger partial charge in [0.15, 0.2) is 5.13 Å². The van der Waals surface area contributed by atoms with E-state index in [0.717, 1.165) is 33.4 Å². The van der Waals surface area contributed by atoms with Gasteiger partial charge in [0.1, 0.15) is 12.3 Å². The van der Waals surface area contributed by atoms with E-state index >= 15 is 0 Å². The fraction of sp³-hybridized carbons (Fsp3) is 0.250. The molecule has 0 unspecified atom stereocenters. The smallest absolute Gasteiger partial charge is 0.329 e. The molecule has 4 aromatic rings. The minimum Gasteiger partial charge on any atom is -0.497 e. The highest BCUT2D eigenvalue weighted by molar-refractivity contribution is 7.22. The zero-order chi connectivity index (χ0) is 19.7. The summed E-state index contributed by atoms with van der Waals surface area (Å²) in [6.07, 6.45) is 0.843. The van der Waals surface area contributed by atoms with Gasteiger partial charge in [0, 0.05) is 6.54 Å². The molecule has 0 atom stereocenters. The quantitative estimate of drug-likeness (QED) is 0.541. The standard InChI is InChI=1S/C20H20N4O3S/c1-3-10-23-15-6-4-5-7-16(15)24(20(23)26)12-18(25)22-19-21-14-9-8-13(27-2)11-17(14)28-19/h4-9,11H,3,10,12H2,1-2H3,(H,21,22,25). The van der Waals surface area contributed by atoms with Gasteiger partial charge in [-0.25, -0.2) is 9.78 Å². The van der Waals surface area contributed by atoms with Gasteiger partial charge in [0.25, 0.3) is 0 Å². The molecule has 0 aliphatic rings. The second-order valence-electron chi connectivity index (χ2n) is 6.41. The van der Waals surface area contributed by atoms with Crippen molar-refractivity contribution in [3.8, 4) is 5.75 Å². The molecule has 144 valence electrons. The minimum absolute atomic E-state index is 0.0602. The van der Waals surface area contributed by atoms with E-state index in [4.69, 9.17) is 4.74 Å². The molecule has 7 nitrogen and oxygen atoms in total. The number of nitrogens with one attached hydrogen (secondary N) is 1. The molecule has 8 heteroatoms. The zero-order valence-electron chi connectivity index (χ0n) is 15.6. The molecular formula is C20H20N4O3S. The van der Waals surface area contributed by atoms with Crippen LogP contribution < -0.4 is 15.7 Å². The number of aromatic nitrogens is 3. The molecule has 1 amide bonds. The van der Waals surface area contributed by atoms with Gasteiger partial charge in [-0.2, -0.15) is 0 Å². The number of carbonyl (C=O) groups is 1. The second-order valence-corrected chi connectivity index (χ2v) is 7.44. The van der Waals surface area contributed by atoms with E-state index in [1.165, 1.54) is 15.9 Å². The first-order chi connectivity index (χ1) is 13.6. The lowest BCUT2D eigenvalue weighted by Gasteiger charge is -2.03. The van der Waals surface area contributed by atoms with Crippen LogP contribution in [0, 0.1) is 0 Å². The molecule has 0 radical (unpaired) electrons. The number of anilines is 1. The third kappa shape index (κ3) is 3.27. The number of fused-ring (bicyclic) bond motifs is 2. The molecule has 2 heterocycles. The van der Waals surface area contributed by atoms with Crippen LogP contribution in [-0.4, -0.2) is 27.1 Å². The number of methoxy groups -OCH3 is 1. The van der Waals surface area contributed by atoms with Gasteiger partial charge >= 0.3 is 5.69 Å². The molecule has 0 spiro atoms. The van der Waals surface area contributed by atoms with Crippen molar-refractivity contribution in [2.45, 2.75) is 26.4 Å². The van der Waals surface area contributed by atoms with Crippen LogP contribution in [-0.2, 0) is 17.9 Å². The van der Waals surface area contributed by atoms with Crippen LogP contribution in [0.1, 0.15) is 13.3 Å². The summed E-state index contributed by atoms with van der Waals surface area (Å²) < 4.78 is 9.37. The maximum Gasteiger partial charge on any atom is 0.329 e. The normalized spacial score (nSPS) is 11.2. The van der Waals surface area contributed by atoms with Crippen LogP contribution in [0.2, 0.25) is 0 Å². The van der Waals surface area contributed by atoms with E-state index < -0.39 is 0 Å². The average Bonchev–Trinajstić information content (AvgIpc) is 3.21. The number of para-hydroxylation sites is 2. The van der Waals surface area contributed by atoms with Crippen LogP contribution in [0.4, 0.5) is 5.13 Å². The van der Waals surface area contributed by atoms with Crippen LogP contribution in [0.15, 0.2) is 47.3 Å². The highest BCUT2D eigenvalue weighted by Crippen LogP contribution is 2.29. The predicted molar refractivity (Wildman–Crippen MR) is 111 cm³/mol. The van der Waals surface area contributed by atoms with Crippen LogP contribution >= 0.6 is 11.3 Å². The summed E-state index contributed by atoms with van der Waals surface area (Å²) >= 11 is 1.37. The van der Waals surface area contributed by atoms with Gasteiger partial charge in [0.2, 0.25) is 5.91 Å². The summed E-state index contributed by atoms with van der Waals surface area (Å²) in [6, 6.07) is 13.1. The number of hydrogen-bond acceptors (Lipinski definition) is 5. The second kappa shape index (κ2) is 7.47. The topological polar surface area (TPSA) is 78.2 Å². The van der Waals surface area contributed by atoms with Crippen molar-refractivity contribution in [2.24, 2.45) is 0 Å². The van der Waals surface area contributed by atoms with E-state index in [0.29, 0.717) is 11.7 Å². The Labute approximate surface area is 165 Å². The van der Waals surface area contributed by atoms with E-state index in [1.807, 2.05) is 49.4 Å². The Kier molecular flexibility index (Phi) is 4.87. The van der Waals surface area contributed by atoms with Gasteiger partial charge in [-0.05, 0) is 36.8 Å². The Morgan fingerprint density at radius 1 is 1.18 bits per heavy atom. The molecule has 28 heavy (non-hydrogen) atoms. The number of ether oxygens (including phenoxy) is 1. The molecule has 4 rings (SSSR count). The Balaban J connectivity index is 1.60. The SMILES string of the molecule is CCCn1c(=O)n(CC(=O)Nc2nc3ccc(OC)cc3s2)c2ccccc21. The fourth-order valence-electron chi connectivity index (χ4n) is 3.25. The summed E-state index contributed by atoms with van der Waals surface area (Å²) in [5, 5.41) is 3.31. The first-order valence-corrected chi connectivity index (χ1v) is 9.85. The molecule has 0 bridgehead atoms. The van der Waals surface area contributed by atoms with E-state index in [1.54, 1.807) is 11.7 Å². The molecule has 0 saturated heterocycles. The third-order valence-electron chi connectivity index (χ3n) is 4.52. The first-order valence-electron chi connectivity index (χ1n) is 9.03. The lowest BCUT2D eigenvalue weighted by atomic mass is 10.3. The van der Waals surface area contributed by atoms with Crippen molar-refractivity contribution >= 4 is 43.6 Å². The summed E-state index contributed by atoms with van der Waals surface area (Å²) in [4.78, 5) is 29.8. The number of nitrogens with zero attached hydrogens (tertiary/aromatic N) is 3. The Morgan fingerprint density at radius 3 is 2.64 bits per heavy atom. The zero-order valence-corrected chi connectivity index (χ0v) is 16.5. The Morgan fingerprint density at radius 2 is 1.93 bits per heavy atom. The van der Waals surface area contributed by atoms with Crippen molar-refractivity contribution in [3.63, 3.8) is 0 Å². The minimum atomic E-state index is -0.285. The lowest BCUT2D eigenvalue weighted by molar-refractivity contribution is -0.116. The van der Waals surface area contributed by atoms with Crippen molar-refractivity contribution in [1.82, 2.24) is 14.1 Å². The summed E-state index contributed by atoms with van der Waals surface area (Å²) in [7, 11) is 1.61. The van der Waals surface area contributed by atoms with Crippen LogP contribution in [0.5, 0.6) is 5.75 Å². The predicted octanol–water partition coefficient (Wildman–Crippen LogP) is 3.47. The molecule has 2 aromatic carbocycles. The van der Waals surface area contributed by atoms with Crippen LogP contribution in [0.3, 0.4) is 0 Å². The number of hydrogen-bond donors (Lipinski definition) is 1. The molecular weight excluding hydrogens is 376 g/mol. The highest BCUT2D eigenvalue weighted by Gasteiger charge is 2.16. The summed E-state index contributed by atoms with van der Waals surface area (Å²) in [5.74, 6) is 0.455. The number of carbonyl (C=O) groups excluding carboxylic acids is 1. The maximum atomic E-state index is 12.8. The van der Waals surface area contributed by atoms with Crippen molar-refractivity contribution in [3.05, 3.63) is 52.9 Å². The number of rotatable bonds is 6. The summed E-state index contributed by atoms with van der Waals surface area (Å²) in [5.41, 5.74) is 2.21. The van der Waals surface area contributed by atoms with E-state index in [9.17, 15) is 9.59 Å². The van der Waals surface area contributed by atoms with Crippen LogP contribution in [0.25, 0.3) is 21.3 Å². The molecule has 0 aliphatic heterocycles. The number of aryl methyl sites for hydroxylation is 1. The van der Waals surface area contributed by atoms with Gasteiger partial charge in [0.05, 0.1) is 28.4 Å². The number of imidazole rings is 1. The third-order valence-corrected chi connectivity index (χ3v) is 5.45. The largest absolute Gasteiger partial charge is 0.497 e. The van der Waals surface area contributed by atoms with E-state index in [2.05, 4.69) is 10.3 Å². The Bertz CT molecular complexity index is 1220. The first kappa shape index (κ1) is 18.2. The van der Waals surface area contributed by atoms with Crippen molar-refractivity contribution < 1.29 is 9.53 Å². The van der Waals surface area contributed by atoms with Gasteiger partial charge in [-0.1, -0.05) is 30.4 Å². The van der Waals surface area contributed by atoms with Gasteiger partial charge in [-0.3, -0.25) is 13.9 Å². The van der Waals surface area contributed by atoms with Gasteiger partial charge < -0.3 is 10.1 Å². The maximum absolute atomic E-state index is 12.8. The molecule has 0 saturated carbocycles. The van der Waals surface area contributed by atoms with Gasteiger partial charge in [-0.15, -0.1) is 0 Å². The van der Waals surface area contributed by atoms with E-state index in [-0.39, 0.29) is 18.1 Å². The van der Waals surface area contributed by atoms with Crippen molar-refractivity contribution in [1.29, 1.82) is 0 Å². The molecule has 0 aliphatic carbocycles. The number of benzene rings is 2. The van der Waals surface area contributed by atoms with Crippen molar-refractivity contribution in [2.75, 3.05) is 12.4 Å². The molecule has 2 aromatic heterocycles. The summed E-state index contributed by atoms with van der Waals surface area (Å²) in [6.45, 7) is 2.58. The highest BCUT2D eigenvalue weighted by atomic mass is 32.1. The average molecular weight is 396 g/mol. The monoisotopic (exact) mass is 396 g/mol.